The number of hydrogen-bond donors (Lipinski definition) is 6. The van der Waals surface area contributed by atoms with E-state index in [0.29, 0.717) is 24.3 Å². The lowest BCUT2D eigenvalue weighted by Crippen LogP contribution is -2.57. The van der Waals surface area contributed by atoms with Crippen LogP contribution in [0.1, 0.15) is 99.4 Å². The summed E-state index contributed by atoms with van der Waals surface area (Å²) in [4.78, 5) is 62.1. The monoisotopic (exact) mass is 1030 g/mol. The third-order valence-corrected chi connectivity index (χ3v) is 15.3. The van der Waals surface area contributed by atoms with Crippen molar-refractivity contribution in [3.8, 4) is 49.3 Å². The lowest BCUT2D eigenvalue weighted by atomic mass is 9.85. The zero-order valence-corrected chi connectivity index (χ0v) is 43.8. The normalized spacial score (nSPS) is 15.5. The number of thiophene rings is 1. The number of fused-ring (bicyclic) bond motifs is 1. The number of phenolic OH excluding ortho intramolecular Hbond substituents is 2. The molecule has 1 saturated heterocycles. The van der Waals surface area contributed by atoms with Gasteiger partial charge in [0.05, 0.1) is 41.0 Å². The molecular formula is C58H62N6O8S2. The fraction of sp³-hybridized carbons (Fsp3) is 0.310. The molecule has 0 spiro atoms. The number of hydrazone groups is 1. The van der Waals surface area contributed by atoms with E-state index in [2.05, 4.69) is 26.1 Å². The summed E-state index contributed by atoms with van der Waals surface area (Å²) in [5, 5.41) is 41.9. The van der Waals surface area contributed by atoms with Crippen LogP contribution in [0.2, 0.25) is 0 Å². The number of aliphatic hydroxyl groups excluding tert-OH is 1. The van der Waals surface area contributed by atoms with Crippen molar-refractivity contribution in [1.82, 2.24) is 25.9 Å². The van der Waals surface area contributed by atoms with Gasteiger partial charge >= 0.3 is 0 Å². The number of amides is 4. The highest BCUT2D eigenvalue weighted by Gasteiger charge is 2.44. The van der Waals surface area contributed by atoms with Gasteiger partial charge in [0, 0.05) is 45.5 Å². The van der Waals surface area contributed by atoms with Gasteiger partial charge < -0.3 is 35.6 Å². The molecule has 4 atom stereocenters. The second-order valence-corrected chi connectivity index (χ2v) is 21.7. The fourth-order valence-electron chi connectivity index (χ4n) is 9.06. The molecule has 0 radical (unpaired) electrons. The molecule has 4 amide bonds. The Morgan fingerprint density at radius 1 is 0.838 bits per heavy atom. The van der Waals surface area contributed by atoms with Gasteiger partial charge in [-0.3, -0.25) is 19.2 Å². The lowest BCUT2D eigenvalue weighted by molar-refractivity contribution is -0.144. The maximum atomic E-state index is 14.1. The van der Waals surface area contributed by atoms with Gasteiger partial charge in [0.25, 0.3) is 5.91 Å². The molecule has 7 aromatic rings. The standard InChI is InChI=1S/C58H62N6O8S2/c1-35(38-16-18-39(19-17-38)52-36(2)59-34-73-52)61-56(70)48-30-45(67)33-64(48)57(71)54(58(3,4)5)62-50(68)13-8-6-7-9-28-72-46-25-14-37(15-26-46)32-60-63-55(69)42-12-10-11-41(29-42)51-47-27-24-44(66)31-49(47)74-53(51)40-20-22-43(65)23-21-40/h10-12,14-27,29,31-32,34-35,45,48,54,65-67H,6-9,13,28,30,33H2,1-5H3,(H,61,70)(H,62,68)(H,63,69)/b60-32+/t35-,45+,48-,54+/m0/s1. The number of aromatic nitrogens is 1. The first-order valence-corrected chi connectivity index (χ1v) is 26.5. The molecule has 384 valence electrons. The Labute approximate surface area is 439 Å². The first-order chi connectivity index (χ1) is 35.5. The Hall–Kier alpha value is -7.40. The molecule has 16 heteroatoms. The van der Waals surface area contributed by atoms with Crippen molar-refractivity contribution in [2.45, 2.75) is 97.4 Å². The Balaban J connectivity index is 0.755. The van der Waals surface area contributed by atoms with Crippen LogP contribution >= 0.6 is 22.7 Å². The largest absolute Gasteiger partial charge is 0.508 e. The molecule has 2 aromatic heterocycles. The van der Waals surface area contributed by atoms with Crippen LogP contribution in [0, 0.1) is 12.3 Å². The predicted octanol–water partition coefficient (Wildman–Crippen LogP) is 10.5. The number of thiazole rings is 1. The molecule has 3 heterocycles. The first kappa shape index (κ1) is 52.9. The van der Waals surface area contributed by atoms with E-state index >= 15 is 0 Å². The highest BCUT2D eigenvalue weighted by Crippen LogP contribution is 2.46. The fourth-order valence-corrected chi connectivity index (χ4v) is 11.1. The molecule has 5 aromatic carbocycles. The van der Waals surface area contributed by atoms with Crippen LogP contribution in [0.5, 0.6) is 17.2 Å². The molecule has 0 unspecified atom stereocenters. The quantitative estimate of drug-likeness (QED) is 0.0259. The second kappa shape index (κ2) is 23.6. The smallest absolute Gasteiger partial charge is 0.271 e. The van der Waals surface area contributed by atoms with Crippen molar-refractivity contribution < 1.29 is 39.2 Å². The van der Waals surface area contributed by atoms with Crippen LogP contribution < -0.4 is 20.8 Å². The van der Waals surface area contributed by atoms with Gasteiger partial charge in [-0.1, -0.05) is 70.0 Å². The van der Waals surface area contributed by atoms with Crippen molar-refractivity contribution in [1.29, 1.82) is 0 Å². The molecule has 0 aliphatic carbocycles. The van der Waals surface area contributed by atoms with E-state index < -0.39 is 29.5 Å². The Kier molecular flexibility index (Phi) is 16.9. The number of ether oxygens (including phenoxy) is 1. The minimum absolute atomic E-state index is 0.00421. The number of β-amino-alcohol motifs (C(OH)–C–C–N with tert-alkyl or cyclic N) is 1. The van der Waals surface area contributed by atoms with Gasteiger partial charge in [-0.15, -0.1) is 22.7 Å². The number of hydrogen-bond acceptors (Lipinski definition) is 12. The van der Waals surface area contributed by atoms with Gasteiger partial charge in [-0.25, -0.2) is 10.4 Å². The molecule has 8 rings (SSSR count). The minimum Gasteiger partial charge on any atom is -0.508 e. The number of nitrogens with one attached hydrogen (secondary N) is 3. The average molecular weight is 1040 g/mol. The number of rotatable bonds is 19. The number of likely N-dealkylation sites (tertiary alicyclic amines) is 1. The molecule has 14 nitrogen and oxygen atoms in total. The van der Waals surface area contributed by atoms with Gasteiger partial charge in [0.1, 0.15) is 29.3 Å². The van der Waals surface area contributed by atoms with E-state index in [1.165, 1.54) is 16.2 Å². The summed E-state index contributed by atoms with van der Waals surface area (Å²) >= 11 is 3.10. The number of aryl methyl sites for hydroxylation is 1. The molecule has 0 bridgehead atoms. The number of aromatic hydroxyl groups is 2. The summed E-state index contributed by atoms with van der Waals surface area (Å²) in [5.41, 5.74) is 10.5. The van der Waals surface area contributed by atoms with Crippen molar-refractivity contribution >= 4 is 62.6 Å². The van der Waals surface area contributed by atoms with Crippen LogP contribution in [-0.4, -0.2) is 86.4 Å². The number of carbonyl (C=O) groups is 4. The molecule has 1 aliphatic rings. The van der Waals surface area contributed by atoms with Crippen LogP contribution in [0.15, 0.2) is 126 Å². The maximum absolute atomic E-state index is 14.1. The molecule has 0 saturated carbocycles. The third kappa shape index (κ3) is 13.0. The maximum Gasteiger partial charge on any atom is 0.271 e. The van der Waals surface area contributed by atoms with Crippen molar-refractivity contribution in [3.63, 3.8) is 0 Å². The van der Waals surface area contributed by atoms with E-state index in [1.54, 1.807) is 47.9 Å². The lowest BCUT2D eigenvalue weighted by Gasteiger charge is -2.35. The van der Waals surface area contributed by atoms with Crippen molar-refractivity contribution in [2.24, 2.45) is 10.5 Å². The zero-order valence-electron chi connectivity index (χ0n) is 42.1. The minimum atomic E-state index is -0.894. The number of carbonyl (C=O) groups excluding carboxylic acids is 4. The Morgan fingerprint density at radius 2 is 1.54 bits per heavy atom. The van der Waals surface area contributed by atoms with Gasteiger partial charge in [-0.05, 0) is 139 Å². The predicted molar refractivity (Wildman–Crippen MR) is 292 cm³/mol. The van der Waals surface area contributed by atoms with E-state index in [9.17, 15) is 34.5 Å². The van der Waals surface area contributed by atoms with Gasteiger partial charge in [0.15, 0.2) is 0 Å². The summed E-state index contributed by atoms with van der Waals surface area (Å²) in [7, 11) is 0. The summed E-state index contributed by atoms with van der Waals surface area (Å²) in [5.74, 6) is -0.348. The second-order valence-electron chi connectivity index (χ2n) is 19.8. The number of phenols is 2. The SMILES string of the molecule is Cc1ncsc1-c1ccc([C@H](C)NC(=O)[C@@H]2C[C@@H](O)CN2C(=O)[C@@H](NC(=O)CCCCCCOc2ccc(/C=N/NC(=O)c3cccc(-c4c(-c5ccc(O)cc5)sc5cc(O)ccc45)c3)cc2)C(C)(C)C)cc1. The molecule has 1 fully saturated rings. The number of unbranched alkanes of at least 4 members (excludes halogenated alkanes) is 3. The van der Waals surface area contributed by atoms with E-state index in [0.717, 1.165) is 78.2 Å². The topological polar surface area (TPSA) is 203 Å². The van der Waals surface area contributed by atoms with Gasteiger partial charge in [0.2, 0.25) is 17.7 Å². The van der Waals surface area contributed by atoms with Crippen molar-refractivity contribution in [3.05, 3.63) is 143 Å². The van der Waals surface area contributed by atoms with Crippen LogP contribution in [0.25, 0.3) is 42.1 Å². The molecular weight excluding hydrogens is 973 g/mol. The summed E-state index contributed by atoms with van der Waals surface area (Å²) < 4.78 is 6.85. The van der Waals surface area contributed by atoms with Crippen LogP contribution in [0.4, 0.5) is 0 Å². The van der Waals surface area contributed by atoms with Gasteiger partial charge in [-0.2, -0.15) is 5.10 Å². The van der Waals surface area contributed by atoms with Crippen LogP contribution in [0.3, 0.4) is 0 Å². The van der Waals surface area contributed by atoms with E-state index in [-0.39, 0.29) is 54.6 Å². The number of nitrogens with zero attached hydrogens (tertiary/aromatic N) is 3. The molecule has 74 heavy (non-hydrogen) atoms. The molecule has 1 aliphatic heterocycles. The summed E-state index contributed by atoms with van der Waals surface area (Å²) in [6.07, 6.45) is 4.09. The summed E-state index contributed by atoms with van der Waals surface area (Å²) in [6, 6.07) is 32.7. The van der Waals surface area contributed by atoms with Crippen molar-refractivity contribution in [2.75, 3.05) is 13.2 Å². The number of aliphatic hydroxyl groups is 1. The highest BCUT2D eigenvalue weighted by atomic mass is 32.1. The highest BCUT2D eigenvalue weighted by molar-refractivity contribution is 7.23. The Morgan fingerprint density at radius 3 is 2.26 bits per heavy atom. The number of benzene rings is 5. The van der Waals surface area contributed by atoms with Crippen LogP contribution in [-0.2, 0) is 14.4 Å². The van der Waals surface area contributed by atoms with E-state index in [4.69, 9.17) is 4.74 Å². The zero-order chi connectivity index (χ0) is 52.5. The van der Waals surface area contributed by atoms with E-state index in [1.807, 2.05) is 125 Å². The third-order valence-electron chi connectivity index (χ3n) is 13.1. The summed E-state index contributed by atoms with van der Waals surface area (Å²) in [6.45, 7) is 9.98. The first-order valence-electron chi connectivity index (χ1n) is 24.8. The average Bonchev–Trinajstić information content (AvgIpc) is 4.11. The molecule has 6 N–H and O–H groups in total. The Bertz CT molecular complexity index is 3130.